The third kappa shape index (κ3) is 2.34. The number of rotatable bonds is 3. The van der Waals surface area contributed by atoms with Crippen LogP contribution in [0.3, 0.4) is 0 Å². The number of aromatic amines is 1. The molecule has 1 aliphatic heterocycles. The molecule has 0 saturated carbocycles. The molecule has 1 fully saturated rings. The summed E-state index contributed by atoms with van der Waals surface area (Å²) in [6, 6.07) is 6.21. The molecule has 3 rings (SSSR count). The van der Waals surface area contributed by atoms with Crippen molar-refractivity contribution in [3.05, 3.63) is 23.8 Å². The monoisotopic (exact) mass is 273 g/mol. The molecule has 0 bridgehead atoms. The Hall–Kier alpha value is -2.08. The maximum absolute atomic E-state index is 5.92. The van der Waals surface area contributed by atoms with E-state index in [2.05, 4.69) is 20.1 Å². The van der Waals surface area contributed by atoms with Crippen LogP contribution < -0.4 is 15.4 Å². The summed E-state index contributed by atoms with van der Waals surface area (Å²) in [5.41, 5.74) is 8.00. The Morgan fingerprint density at radius 2 is 2.30 bits per heavy atom. The van der Waals surface area contributed by atoms with Crippen molar-refractivity contribution >= 4 is 5.95 Å². The van der Waals surface area contributed by atoms with E-state index in [1.54, 1.807) is 7.11 Å². The van der Waals surface area contributed by atoms with Crippen molar-refractivity contribution < 1.29 is 4.74 Å². The highest BCUT2D eigenvalue weighted by Gasteiger charge is 2.23. The van der Waals surface area contributed by atoms with Crippen molar-refractivity contribution in [2.24, 2.45) is 5.73 Å². The zero-order valence-corrected chi connectivity index (χ0v) is 11.8. The van der Waals surface area contributed by atoms with Crippen LogP contribution in [0.25, 0.3) is 11.4 Å². The van der Waals surface area contributed by atoms with Crippen LogP contribution in [0.2, 0.25) is 0 Å². The molecular weight excluding hydrogens is 254 g/mol. The molecule has 1 aromatic heterocycles. The molecule has 2 aromatic rings. The first kappa shape index (κ1) is 12.9. The summed E-state index contributed by atoms with van der Waals surface area (Å²) in [7, 11) is 1.66. The average molecular weight is 273 g/mol. The second-order valence-electron chi connectivity index (χ2n) is 5.18. The summed E-state index contributed by atoms with van der Waals surface area (Å²) < 4.78 is 5.39. The number of hydrogen-bond donors (Lipinski definition) is 2. The van der Waals surface area contributed by atoms with Crippen LogP contribution in [-0.2, 0) is 0 Å². The molecule has 2 heterocycles. The summed E-state index contributed by atoms with van der Waals surface area (Å²) in [5, 5.41) is 7.28. The van der Waals surface area contributed by atoms with Gasteiger partial charge in [-0.25, -0.2) is 0 Å². The third-order valence-corrected chi connectivity index (χ3v) is 3.59. The Morgan fingerprint density at radius 1 is 1.45 bits per heavy atom. The van der Waals surface area contributed by atoms with Crippen molar-refractivity contribution in [1.82, 2.24) is 15.2 Å². The minimum absolute atomic E-state index is 0.213. The minimum Gasteiger partial charge on any atom is -0.496 e. The SMILES string of the molecule is COc1ccc(C)cc1-c1nc(N2CCC(N)C2)n[nH]1. The second kappa shape index (κ2) is 5.13. The molecule has 1 atom stereocenters. The number of hydrogen-bond acceptors (Lipinski definition) is 5. The first-order chi connectivity index (χ1) is 9.67. The highest BCUT2D eigenvalue weighted by Crippen LogP contribution is 2.29. The summed E-state index contributed by atoms with van der Waals surface area (Å²) in [6.45, 7) is 3.76. The van der Waals surface area contributed by atoms with Crippen LogP contribution in [0.15, 0.2) is 18.2 Å². The van der Waals surface area contributed by atoms with Gasteiger partial charge >= 0.3 is 0 Å². The number of anilines is 1. The van der Waals surface area contributed by atoms with E-state index in [1.807, 2.05) is 25.1 Å². The summed E-state index contributed by atoms with van der Waals surface area (Å²) in [6.07, 6.45) is 0.984. The van der Waals surface area contributed by atoms with E-state index in [0.717, 1.165) is 42.2 Å². The van der Waals surface area contributed by atoms with E-state index < -0.39 is 0 Å². The molecule has 1 aliphatic rings. The molecule has 6 nitrogen and oxygen atoms in total. The highest BCUT2D eigenvalue weighted by atomic mass is 16.5. The Morgan fingerprint density at radius 3 is 3.00 bits per heavy atom. The smallest absolute Gasteiger partial charge is 0.245 e. The number of nitrogens with one attached hydrogen (secondary N) is 1. The van der Waals surface area contributed by atoms with Gasteiger partial charge in [-0.2, -0.15) is 4.98 Å². The van der Waals surface area contributed by atoms with Crippen LogP contribution >= 0.6 is 0 Å². The first-order valence-electron chi connectivity index (χ1n) is 6.75. The Bertz CT molecular complexity index is 609. The van der Waals surface area contributed by atoms with Gasteiger partial charge in [0.05, 0.1) is 12.7 Å². The number of benzene rings is 1. The molecule has 106 valence electrons. The fourth-order valence-electron chi connectivity index (χ4n) is 2.49. The van der Waals surface area contributed by atoms with Crippen molar-refractivity contribution in [3.63, 3.8) is 0 Å². The molecule has 0 amide bonds. The fraction of sp³-hybridized carbons (Fsp3) is 0.429. The quantitative estimate of drug-likeness (QED) is 0.881. The molecule has 0 radical (unpaired) electrons. The first-order valence-corrected chi connectivity index (χ1v) is 6.75. The van der Waals surface area contributed by atoms with Crippen molar-refractivity contribution in [3.8, 4) is 17.1 Å². The zero-order valence-electron chi connectivity index (χ0n) is 11.8. The molecule has 1 aromatic carbocycles. The number of nitrogens with zero attached hydrogens (tertiary/aromatic N) is 3. The molecule has 1 unspecified atom stereocenters. The molecule has 20 heavy (non-hydrogen) atoms. The third-order valence-electron chi connectivity index (χ3n) is 3.59. The van der Waals surface area contributed by atoms with E-state index in [-0.39, 0.29) is 6.04 Å². The largest absolute Gasteiger partial charge is 0.496 e. The van der Waals surface area contributed by atoms with Gasteiger partial charge in [-0.3, -0.25) is 5.10 Å². The van der Waals surface area contributed by atoms with Gasteiger partial charge in [-0.15, -0.1) is 5.10 Å². The predicted octanol–water partition coefficient (Wildman–Crippen LogP) is 1.33. The van der Waals surface area contributed by atoms with Gasteiger partial charge in [0.2, 0.25) is 5.95 Å². The number of ether oxygens (including phenoxy) is 1. The highest BCUT2D eigenvalue weighted by molar-refractivity contribution is 5.66. The van der Waals surface area contributed by atoms with Crippen molar-refractivity contribution in [1.29, 1.82) is 0 Å². The Labute approximate surface area is 118 Å². The zero-order chi connectivity index (χ0) is 14.1. The predicted molar refractivity (Wildman–Crippen MR) is 77.9 cm³/mol. The van der Waals surface area contributed by atoms with E-state index >= 15 is 0 Å². The van der Waals surface area contributed by atoms with Crippen LogP contribution in [0.1, 0.15) is 12.0 Å². The van der Waals surface area contributed by atoms with Crippen molar-refractivity contribution in [2.75, 3.05) is 25.1 Å². The Balaban J connectivity index is 1.92. The van der Waals surface area contributed by atoms with Crippen molar-refractivity contribution in [2.45, 2.75) is 19.4 Å². The van der Waals surface area contributed by atoms with E-state index in [1.165, 1.54) is 0 Å². The lowest BCUT2D eigenvalue weighted by atomic mass is 10.1. The van der Waals surface area contributed by atoms with E-state index in [0.29, 0.717) is 5.95 Å². The normalized spacial score (nSPS) is 18.6. The van der Waals surface area contributed by atoms with E-state index in [9.17, 15) is 0 Å². The van der Waals surface area contributed by atoms with Gasteiger partial charge in [0.15, 0.2) is 5.82 Å². The fourth-order valence-corrected chi connectivity index (χ4v) is 2.49. The number of nitrogens with two attached hydrogens (primary N) is 1. The van der Waals surface area contributed by atoms with Gasteiger partial charge in [0.25, 0.3) is 0 Å². The van der Waals surface area contributed by atoms with Crippen LogP contribution in [0, 0.1) is 6.92 Å². The molecule has 3 N–H and O–H groups in total. The summed E-state index contributed by atoms with van der Waals surface area (Å²) in [5.74, 6) is 2.22. The maximum Gasteiger partial charge on any atom is 0.245 e. The maximum atomic E-state index is 5.92. The van der Waals surface area contributed by atoms with Crippen LogP contribution in [0.4, 0.5) is 5.95 Å². The number of H-pyrrole nitrogens is 1. The number of aryl methyl sites for hydroxylation is 1. The molecule has 1 saturated heterocycles. The lowest BCUT2D eigenvalue weighted by molar-refractivity contribution is 0.416. The van der Waals surface area contributed by atoms with E-state index in [4.69, 9.17) is 10.5 Å². The second-order valence-corrected chi connectivity index (χ2v) is 5.18. The molecular formula is C14H19N5O. The molecule has 0 aliphatic carbocycles. The number of methoxy groups -OCH3 is 1. The number of aromatic nitrogens is 3. The van der Waals surface area contributed by atoms with Gasteiger partial charge in [0, 0.05) is 19.1 Å². The molecule has 0 spiro atoms. The lowest BCUT2D eigenvalue weighted by Crippen LogP contribution is -2.26. The van der Waals surface area contributed by atoms with Crippen LogP contribution in [0.5, 0.6) is 5.75 Å². The Kier molecular flexibility index (Phi) is 3.31. The lowest BCUT2D eigenvalue weighted by Gasteiger charge is -2.11. The summed E-state index contributed by atoms with van der Waals surface area (Å²) >= 11 is 0. The summed E-state index contributed by atoms with van der Waals surface area (Å²) in [4.78, 5) is 6.67. The van der Waals surface area contributed by atoms with Crippen LogP contribution in [-0.4, -0.2) is 41.4 Å². The minimum atomic E-state index is 0.213. The van der Waals surface area contributed by atoms with Gasteiger partial charge < -0.3 is 15.4 Å². The molecule has 6 heteroatoms. The average Bonchev–Trinajstić information content (AvgIpc) is 3.07. The van der Waals surface area contributed by atoms with Gasteiger partial charge in [0.1, 0.15) is 5.75 Å². The standard InChI is InChI=1S/C14H19N5O/c1-9-3-4-12(20-2)11(7-9)13-16-14(18-17-13)19-6-5-10(15)8-19/h3-4,7,10H,5-6,8,15H2,1-2H3,(H,16,17,18). The topological polar surface area (TPSA) is 80.1 Å². The van der Waals surface area contributed by atoms with Gasteiger partial charge in [-0.05, 0) is 25.5 Å². The van der Waals surface area contributed by atoms with Gasteiger partial charge in [-0.1, -0.05) is 11.6 Å².